The molecule has 2 aromatic heterocycles. The first kappa shape index (κ1) is 18.8. The minimum atomic E-state index is -0.0995. The maximum absolute atomic E-state index is 12.7. The lowest BCUT2D eigenvalue weighted by atomic mass is 10.1. The quantitative estimate of drug-likeness (QED) is 0.661. The number of methoxy groups -OCH3 is 1. The molecule has 7 nitrogen and oxygen atoms in total. The van der Waals surface area contributed by atoms with E-state index in [2.05, 4.69) is 39.1 Å². The lowest BCUT2D eigenvalue weighted by Gasteiger charge is -2.09. The number of aromatic nitrogens is 3. The molecule has 1 aromatic carbocycles. The number of hydrogen-bond donors (Lipinski definition) is 1. The van der Waals surface area contributed by atoms with Crippen molar-refractivity contribution in [2.75, 3.05) is 13.7 Å². The summed E-state index contributed by atoms with van der Waals surface area (Å²) in [5, 5.41) is 6.81. The van der Waals surface area contributed by atoms with Gasteiger partial charge in [0, 0.05) is 38.0 Å². The van der Waals surface area contributed by atoms with Crippen LogP contribution in [-0.4, -0.2) is 34.3 Å². The molecule has 0 unspecified atom stereocenters. The van der Waals surface area contributed by atoms with E-state index in [-0.39, 0.29) is 12.5 Å². The van der Waals surface area contributed by atoms with Gasteiger partial charge in [-0.05, 0) is 25.5 Å². The minimum Gasteiger partial charge on any atom is -0.375 e. The molecule has 0 saturated heterocycles. The monoisotopic (exact) mass is 368 g/mol. The second-order valence-electron chi connectivity index (χ2n) is 6.18. The Hall–Kier alpha value is -2.93. The molecule has 0 aliphatic rings. The van der Waals surface area contributed by atoms with Gasteiger partial charge in [0.05, 0.1) is 5.56 Å². The van der Waals surface area contributed by atoms with Gasteiger partial charge in [0.15, 0.2) is 5.82 Å². The van der Waals surface area contributed by atoms with E-state index in [0.717, 1.165) is 23.5 Å². The van der Waals surface area contributed by atoms with Gasteiger partial charge in [0.25, 0.3) is 11.8 Å². The fourth-order valence-corrected chi connectivity index (χ4v) is 3.09. The Bertz CT molecular complexity index is 899. The van der Waals surface area contributed by atoms with Crippen LogP contribution in [0.1, 0.15) is 34.7 Å². The number of carbonyl (C=O) groups excluding carboxylic acids is 1. The molecule has 0 aliphatic heterocycles. The Morgan fingerprint density at radius 3 is 2.78 bits per heavy atom. The van der Waals surface area contributed by atoms with Crippen molar-refractivity contribution in [3.05, 3.63) is 59.4 Å². The second-order valence-corrected chi connectivity index (χ2v) is 6.18. The number of hydrogen-bond acceptors (Lipinski definition) is 5. The summed E-state index contributed by atoms with van der Waals surface area (Å²) in [5.74, 6) is 0.884. The van der Waals surface area contributed by atoms with Gasteiger partial charge in [-0.3, -0.25) is 4.79 Å². The van der Waals surface area contributed by atoms with E-state index < -0.39 is 0 Å². The number of rotatable bonds is 8. The van der Waals surface area contributed by atoms with E-state index in [4.69, 9.17) is 9.26 Å². The SMILES string of the molecule is CCn1c(-c2ccccc2)cc(C(=O)NCCc2noc(COC)n2)c1C. The van der Waals surface area contributed by atoms with Crippen molar-refractivity contribution >= 4 is 5.91 Å². The third-order valence-corrected chi connectivity index (χ3v) is 4.41. The van der Waals surface area contributed by atoms with Gasteiger partial charge >= 0.3 is 0 Å². The highest BCUT2D eigenvalue weighted by Gasteiger charge is 2.17. The van der Waals surface area contributed by atoms with Gasteiger partial charge in [-0.25, -0.2) is 0 Å². The summed E-state index contributed by atoms with van der Waals surface area (Å²) in [7, 11) is 1.57. The molecule has 7 heteroatoms. The zero-order valence-electron chi connectivity index (χ0n) is 15.9. The van der Waals surface area contributed by atoms with Crippen LogP contribution < -0.4 is 5.32 Å². The van der Waals surface area contributed by atoms with Gasteiger partial charge in [0.2, 0.25) is 0 Å². The van der Waals surface area contributed by atoms with Crippen LogP contribution in [0.15, 0.2) is 40.9 Å². The summed E-state index contributed by atoms with van der Waals surface area (Å²) in [6.07, 6.45) is 0.498. The fraction of sp³-hybridized carbons (Fsp3) is 0.350. The average Bonchev–Trinajstić information content (AvgIpc) is 3.26. The summed E-state index contributed by atoms with van der Waals surface area (Å²) < 4.78 is 12.1. The van der Waals surface area contributed by atoms with Crippen molar-refractivity contribution in [3.8, 4) is 11.3 Å². The molecule has 142 valence electrons. The van der Waals surface area contributed by atoms with Crippen LogP contribution in [0.2, 0.25) is 0 Å². The molecule has 3 aromatic rings. The van der Waals surface area contributed by atoms with E-state index >= 15 is 0 Å². The molecule has 0 bridgehead atoms. The highest BCUT2D eigenvalue weighted by Crippen LogP contribution is 2.25. The molecule has 1 N–H and O–H groups in total. The van der Waals surface area contributed by atoms with Crippen molar-refractivity contribution < 1.29 is 14.1 Å². The van der Waals surface area contributed by atoms with Crippen molar-refractivity contribution in [3.63, 3.8) is 0 Å². The number of carbonyl (C=O) groups is 1. The van der Waals surface area contributed by atoms with Gasteiger partial charge in [-0.2, -0.15) is 4.98 Å². The molecular formula is C20H24N4O3. The summed E-state index contributed by atoms with van der Waals surface area (Å²) >= 11 is 0. The number of ether oxygens (including phenoxy) is 1. The van der Waals surface area contributed by atoms with Crippen LogP contribution in [0.5, 0.6) is 0 Å². The van der Waals surface area contributed by atoms with Gasteiger partial charge in [-0.15, -0.1) is 0 Å². The predicted octanol–water partition coefficient (Wildman–Crippen LogP) is 2.99. The van der Waals surface area contributed by atoms with Crippen LogP contribution >= 0.6 is 0 Å². The summed E-state index contributed by atoms with van der Waals surface area (Å²) in [6, 6.07) is 12.0. The molecule has 0 atom stereocenters. The summed E-state index contributed by atoms with van der Waals surface area (Å²) in [6.45, 7) is 5.57. The normalized spacial score (nSPS) is 10.9. The van der Waals surface area contributed by atoms with Crippen LogP contribution in [-0.2, 0) is 24.3 Å². The van der Waals surface area contributed by atoms with E-state index in [1.165, 1.54) is 0 Å². The van der Waals surface area contributed by atoms with Crippen molar-refractivity contribution in [1.82, 2.24) is 20.0 Å². The molecule has 2 heterocycles. The molecule has 1 amide bonds. The number of amides is 1. The van der Waals surface area contributed by atoms with Crippen molar-refractivity contribution in [1.29, 1.82) is 0 Å². The highest BCUT2D eigenvalue weighted by molar-refractivity contribution is 5.97. The third-order valence-electron chi connectivity index (χ3n) is 4.41. The molecule has 3 rings (SSSR count). The number of nitrogens with zero attached hydrogens (tertiary/aromatic N) is 3. The lowest BCUT2D eigenvalue weighted by Crippen LogP contribution is -2.26. The Kier molecular flexibility index (Phi) is 6.03. The van der Waals surface area contributed by atoms with Crippen molar-refractivity contribution in [2.24, 2.45) is 0 Å². The second kappa shape index (κ2) is 8.64. The predicted molar refractivity (Wildman–Crippen MR) is 101 cm³/mol. The topological polar surface area (TPSA) is 82.2 Å². The minimum absolute atomic E-state index is 0.0995. The standard InChI is InChI=1S/C20H24N4O3/c1-4-24-14(2)16(12-17(24)15-8-6-5-7-9-15)20(25)21-11-10-18-22-19(13-26-3)27-23-18/h5-9,12H,4,10-11,13H2,1-3H3,(H,21,25). The molecular weight excluding hydrogens is 344 g/mol. The van der Waals surface area contributed by atoms with E-state index in [1.807, 2.05) is 31.2 Å². The Morgan fingerprint density at radius 1 is 1.30 bits per heavy atom. The lowest BCUT2D eigenvalue weighted by molar-refractivity contribution is 0.0953. The number of nitrogens with one attached hydrogen (secondary N) is 1. The molecule has 0 radical (unpaired) electrons. The van der Waals surface area contributed by atoms with Crippen LogP contribution in [0.25, 0.3) is 11.3 Å². The first-order valence-corrected chi connectivity index (χ1v) is 8.98. The Labute approximate surface area is 158 Å². The molecule has 0 aliphatic carbocycles. The third kappa shape index (κ3) is 4.25. The fourth-order valence-electron chi connectivity index (χ4n) is 3.09. The zero-order chi connectivity index (χ0) is 19.2. The largest absolute Gasteiger partial charge is 0.375 e. The van der Waals surface area contributed by atoms with Crippen molar-refractivity contribution in [2.45, 2.75) is 33.4 Å². The van der Waals surface area contributed by atoms with Crippen LogP contribution in [0.3, 0.4) is 0 Å². The van der Waals surface area contributed by atoms with Crippen LogP contribution in [0.4, 0.5) is 0 Å². The van der Waals surface area contributed by atoms with E-state index in [0.29, 0.717) is 30.2 Å². The molecule has 0 spiro atoms. The van der Waals surface area contributed by atoms with Gasteiger partial charge in [0.1, 0.15) is 6.61 Å². The number of benzene rings is 1. The molecule has 27 heavy (non-hydrogen) atoms. The zero-order valence-corrected chi connectivity index (χ0v) is 15.9. The maximum Gasteiger partial charge on any atom is 0.253 e. The van der Waals surface area contributed by atoms with Crippen LogP contribution in [0, 0.1) is 6.92 Å². The van der Waals surface area contributed by atoms with Gasteiger partial charge in [-0.1, -0.05) is 35.5 Å². The maximum atomic E-state index is 12.7. The van der Waals surface area contributed by atoms with E-state index in [1.54, 1.807) is 7.11 Å². The average molecular weight is 368 g/mol. The molecule has 0 saturated carbocycles. The van der Waals surface area contributed by atoms with Gasteiger partial charge < -0.3 is 19.1 Å². The smallest absolute Gasteiger partial charge is 0.253 e. The summed E-state index contributed by atoms with van der Waals surface area (Å²) in [4.78, 5) is 16.9. The Balaban J connectivity index is 1.68. The Morgan fingerprint density at radius 2 is 2.07 bits per heavy atom. The molecule has 0 fully saturated rings. The first-order valence-electron chi connectivity index (χ1n) is 8.98. The highest BCUT2D eigenvalue weighted by atomic mass is 16.5. The van der Waals surface area contributed by atoms with E-state index in [9.17, 15) is 4.79 Å². The first-order chi connectivity index (χ1) is 13.1. The summed E-state index contributed by atoms with van der Waals surface area (Å²) in [5.41, 5.74) is 3.78.